The second kappa shape index (κ2) is 7.90. The molecule has 0 heterocycles. The third-order valence-electron chi connectivity index (χ3n) is 4.08. The average molecular weight is 497 g/mol. The van der Waals surface area contributed by atoms with Crippen LogP contribution in [0.4, 0.5) is 18.9 Å². The Morgan fingerprint density at radius 3 is 1.56 bits per heavy atom. The number of fused-ring (bicyclic) bond motifs is 2. The lowest BCUT2D eigenvalue weighted by Gasteiger charge is -2.10. The second-order valence-corrected chi connectivity index (χ2v) is 7.53. The molecule has 0 aliphatic carbocycles. The van der Waals surface area contributed by atoms with Crippen LogP contribution in [0.15, 0.2) is 81.7 Å². The lowest BCUT2D eigenvalue weighted by molar-refractivity contribution is -0.136. The number of halogens is 5. The Morgan fingerprint density at radius 2 is 1.04 bits per heavy atom. The van der Waals surface area contributed by atoms with E-state index in [9.17, 15) is 13.2 Å². The van der Waals surface area contributed by atoms with Gasteiger partial charge in [0.05, 0.1) is 5.56 Å². The molecule has 0 radical (unpaired) electrons. The summed E-state index contributed by atoms with van der Waals surface area (Å²) in [6, 6.07) is 20.9. The molecule has 0 aliphatic rings. The van der Waals surface area contributed by atoms with Crippen molar-refractivity contribution in [3.63, 3.8) is 0 Å². The van der Waals surface area contributed by atoms with Crippen LogP contribution < -0.4 is 5.73 Å². The Labute approximate surface area is 171 Å². The topological polar surface area (TPSA) is 26.0 Å². The zero-order valence-electron chi connectivity index (χ0n) is 13.9. The summed E-state index contributed by atoms with van der Waals surface area (Å²) in [6.45, 7) is 0. The van der Waals surface area contributed by atoms with Gasteiger partial charge in [0.25, 0.3) is 0 Å². The SMILES string of the molecule is FC(F)(F)c1ccc(Br)c2ccccc12.Nc1ccc(Br)c2ccccc12. The van der Waals surface area contributed by atoms with Crippen molar-refractivity contribution in [1.29, 1.82) is 0 Å². The van der Waals surface area contributed by atoms with E-state index in [4.69, 9.17) is 5.73 Å². The molecule has 0 spiro atoms. The molecule has 4 aromatic carbocycles. The van der Waals surface area contributed by atoms with Crippen LogP contribution in [0, 0.1) is 0 Å². The van der Waals surface area contributed by atoms with Gasteiger partial charge in [-0.1, -0.05) is 80.4 Å². The lowest BCUT2D eigenvalue weighted by Crippen LogP contribution is -2.05. The van der Waals surface area contributed by atoms with Gasteiger partial charge in [-0.05, 0) is 40.4 Å². The van der Waals surface area contributed by atoms with Crippen LogP contribution in [-0.4, -0.2) is 0 Å². The Hall–Kier alpha value is -2.05. The molecule has 6 heteroatoms. The highest BCUT2D eigenvalue weighted by Gasteiger charge is 2.32. The zero-order chi connectivity index (χ0) is 19.6. The fourth-order valence-electron chi connectivity index (χ4n) is 2.80. The molecule has 0 saturated heterocycles. The fourth-order valence-corrected chi connectivity index (χ4v) is 3.75. The van der Waals surface area contributed by atoms with Gasteiger partial charge < -0.3 is 5.73 Å². The molecule has 0 aromatic heterocycles. The molecule has 1 nitrogen and oxygen atoms in total. The van der Waals surface area contributed by atoms with Crippen LogP contribution in [0.1, 0.15) is 5.56 Å². The summed E-state index contributed by atoms with van der Waals surface area (Å²) in [5.74, 6) is 0. The van der Waals surface area contributed by atoms with Crippen molar-refractivity contribution in [2.24, 2.45) is 0 Å². The van der Waals surface area contributed by atoms with Gasteiger partial charge in [-0.3, -0.25) is 0 Å². The van der Waals surface area contributed by atoms with Gasteiger partial charge in [-0.25, -0.2) is 0 Å². The number of hydrogen-bond donors (Lipinski definition) is 1. The van der Waals surface area contributed by atoms with Crippen molar-refractivity contribution >= 4 is 59.1 Å². The van der Waals surface area contributed by atoms with Crippen molar-refractivity contribution in [2.45, 2.75) is 6.18 Å². The predicted molar refractivity (Wildman–Crippen MR) is 113 cm³/mol. The van der Waals surface area contributed by atoms with Crippen LogP contribution in [0.3, 0.4) is 0 Å². The third kappa shape index (κ3) is 4.28. The van der Waals surface area contributed by atoms with E-state index in [2.05, 4.69) is 37.9 Å². The van der Waals surface area contributed by atoms with E-state index in [-0.39, 0.29) is 5.39 Å². The molecular weight excluding hydrogens is 483 g/mol. The molecule has 0 fully saturated rings. The monoisotopic (exact) mass is 495 g/mol. The largest absolute Gasteiger partial charge is 0.417 e. The first-order valence-electron chi connectivity index (χ1n) is 7.96. The summed E-state index contributed by atoms with van der Waals surface area (Å²) in [6.07, 6.45) is -4.31. The van der Waals surface area contributed by atoms with E-state index < -0.39 is 11.7 Å². The van der Waals surface area contributed by atoms with E-state index in [0.717, 1.165) is 27.0 Å². The highest BCUT2D eigenvalue weighted by atomic mass is 79.9. The molecule has 0 aliphatic heterocycles. The van der Waals surface area contributed by atoms with Crippen LogP contribution >= 0.6 is 31.9 Å². The number of alkyl halides is 3. The van der Waals surface area contributed by atoms with Crippen LogP contribution in [0.5, 0.6) is 0 Å². The number of nitrogen functional groups attached to an aromatic ring is 1. The van der Waals surface area contributed by atoms with E-state index in [1.807, 2.05) is 30.3 Å². The number of nitrogens with two attached hydrogens (primary N) is 1. The van der Waals surface area contributed by atoms with E-state index in [1.165, 1.54) is 12.1 Å². The average Bonchev–Trinajstić information content (AvgIpc) is 2.65. The summed E-state index contributed by atoms with van der Waals surface area (Å²) in [4.78, 5) is 0. The molecule has 0 bridgehead atoms. The number of benzene rings is 4. The minimum atomic E-state index is -4.31. The van der Waals surface area contributed by atoms with Gasteiger partial charge in [0.1, 0.15) is 0 Å². The van der Waals surface area contributed by atoms with E-state index >= 15 is 0 Å². The Bertz CT molecular complexity index is 1070. The molecular formula is C21H14Br2F3N. The van der Waals surface area contributed by atoms with E-state index in [1.54, 1.807) is 18.2 Å². The molecule has 0 unspecified atom stereocenters. The molecule has 4 rings (SSSR count). The summed E-state index contributed by atoms with van der Waals surface area (Å²) >= 11 is 6.71. The second-order valence-electron chi connectivity index (χ2n) is 5.82. The molecule has 0 atom stereocenters. The first-order chi connectivity index (χ1) is 12.8. The molecule has 2 N–H and O–H groups in total. The van der Waals surface area contributed by atoms with Crippen LogP contribution in [0.2, 0.25) is 0 Å². The molecule has 27 heavy (non-hydrogen) atoms. The minimum absolute atomic E-state index is 0.222. The van der Waals surface area contributed by atoms with Gasteiger partial charge in [0, 0.05) is 20.0 Å². The minimum Gasteiger partial charge on any atom is -0.398 e. The fraction of sp³-hybridized carbons (Fsp3) is 0.0476. The summed E-state index contributed by atoms with van der Waals surface area (Å²) in [5.41, 5.74) is 6.04. The summed E-state index contributed by atoms with van der Waals surface area (Å²) in [5, 5.41) is 3.07. The van der Waals surface area contributed by atoms with Crippen molar-refractivity contribution in [3.8, 4) is 0 Å². The third-order valence-corrected chi connectivity index (χ3v) is 5.46. The van der Waals surface area contributed by atoms with Gasteiger partial charge in [-0.2, -0.15) is 13.2 Å². The van der Waals surface area contributed by atoms with Gasteiger partial charge >= 0.3 is 6.18 Å². The maximum Gasteiger partial charge on any atom is 0.417 e. The first kappa shape index (κ1) is 19.7. The Morgan fingerprint density at radius 1 is 0.593 bits per heavy atom. The van der Waals surface area contributed by atoms with Crippen molar-refractivity contribution < 1.29 is 13.2 Å². The highest BCUT2D eigenvalue weighted by Crippen LogP contribution is 2.37. The standard InChI is InChI=1S/C11H6BrF3.C10H8BrN/c12-10-6-5-9(11(13,14)15)7-3-1-2-4-8(7)10;11-9-5-6-10(12)8-4-2-1-3-7(8)9/h1-6H;1-6H,12H2. The molecule has 0 amide bonds. The Kier molecular flexibility index (Phi) is 5.77. The Balaban J connectivity index is 0.000000159. The summed E-state index contributed by atoms with van der Waals surface area (Å²) in [7, 11) is 0. The molecule has 4 aromatic rings. The summed E-state index contributed by atoms with van der Waals surface area (Å²) < 4.78 is 39.7. The first-order valence-corrected chi connectivity index (χ1v) is 9.55. The number of rotatable bonds is 0. The molecule has 138 valence electrons. The normalized spacial score (nSPS) is 11.3. The van der Waals surface area contributed by atoms with Crippen LogP contribution in [0.25, 0.3) is 21.5 Å². The smallest absolute Gasteiger partial charge is 0.398 e. The zero-order valence-corrected chi connectivity index (χ0v) is 17.1. The maximum absolute atomic E-state index is 12.6. The van der Waals surface area contributed by atoms with Crippen molar-refractivity contribution in [3.05, 3.63) is 87.3 Å². The lowest BCUT2D eigenvalue weighted by atomic mass is 10.0. The molecule has 0 saturated carbocycles. The van der Waals surface area contributed by atoms with Crippen molar-refractivity contribution in [2.75, 3.05) is 5.73 Å². The van der Waals surface area contributed by atoms with Gasteiger partial charge in [-0.15, -0.1) is 0 Å². The van der Waals surface area contributed by atoms with Gasteiger partial charge in [0.15, 0.2) is 0 Å². The quantitative estimate of drug-likeness (QED) is 0.247. The highest BCUT2D eigenvalue weighted by molar-refractivity contribution is 9.11. The number of hydrogen-bond acceptors (Lipinski definition) is 1. The maximum atomic E-state index is 12.6. The van der Waals surface area contributed by atoms with Crippen molar-refractivity contribution in [1.82, 2.24) is 0 Å². The van der Waals surface area contributed by atoms with E-state index in [0.29, 0.717) is 9.86 Å². The predicted octanol–water partition coefficient (Wildman–Crippen LogP) is 7.81. The van der Waals surface area contributed by atoms with Gasteiger partial charge in [0.2, 0.25) is 0 Å². The number of anilines is 1. The van der Waals surface area contributed by atoms with Crippen LogP contribution in [-0.2, 0) is 6.18 Å².